The molecule has 182 valence electrons. The second kappa shape index (κ2) is 10.4. The van der Waals surface area contributed by atoms with E-state index in [-0.39, 0.29) is 28.1 Å². The fraction of sp³-hybridized carbons (Fsp3) is 0.346. The minimum Gasteiger partial charge on any atom is -0.354 e. The molecule has 4 rings (SSSR count). The smallest absolute Gasteiger partial charge is 0.288 e. The standard InChI is InChI=1S/C26H28ClN5O3/c1-17(2)23-18(3)28-24(19-8-5-4-6-9-19)29-25(23)30-12-7-13-31(15-14-30)26(33)20-10-11-21(27)22(16-20)32(34)35/h4-6,8-11,16-17H,7,12-15H2,1-3H3. The molecule has 1 aliphatic rings. The number of carbonyl (C=O) groups is 1. The van der Waals surface area contributed by atoms with Gasteiger partial charge in [-0.15, -0.1) is 0 Å². The summed E-state index contributed by atoms with van der Waals surface area (Å²) in [6.07, 6.45) is 0.753. The van der Waals surface area contributed by atoms with Gasteiger partial charge in [0.25, 0.3) is 11.6 Å². The van der Waals surface area contributed by atoms with Gasteiger partial charge in [0.1, 0.15) is 10.8 Å². The fourth-order valence-electron chi connectivity index (χ4n) is 4.50. The molecule has 0 saturated carbocycles. The average molecular weight is 494 g/mol. The van der Waals surface area contributed by atoms with Crippen molar-refractivity contribution in [3.63, 3.8) is 0 Å². The number of nitro benzene ring substituents is 1. The van der Waals surface area contributed by atoms with E-state index in [9.17, 15) is 14.9 Å². The van der Waals surface area contributed by atoms with Gasteiger partial charge in [-0.05, 0) is 31.4 Å². The van der Waals surface area contributed by atoms with Crippen molar-refractivity contribution in [1.29, 1.82) is 0 Å². The van der Waals surface area contributed by atoms with Crippen LogP contribution in [0.25, 0.3) is 11.4 Å². The number of nitrogens with zero attached hydrogens (tertiary/aromatic N) is 5. The van der Waals surface area contributed by atoms with Gasteiger partial charge in [0.2, 0.25) is 0 Å². The fourth-order valence-corrected chi connectivity index (χ4v) is 4.69. The second-order valence-electron chi connectivity index (χ2n) is 8.95. The Morgan fingerprint density at radius 3 is 2.49 bits per heavy atom. The number of rotatable bonds is 5. The first-order chi connectivity index (χ1) is 16.8. The van der Waals surface area contributed by atoms with E-state index in [1.807, 2.05) is 37.3 Å². The summed E-state index contributed by atoms with van der Waals surface area (Å²) in [5, 5.41) is 11.3. The van der Waals surface area contributed by atoms with Gasteiger partial charge in [-0.1, -0.05) is 55.8 Å². The molecule has 3 aromatic rings. The number of nitro groups is 1. The van der Waals surface area contributed by atoms with E-state index in [0.717, 1.165) is 35.6 Å². The van der Waals surface area contributed by atoms with Crippen molar-refractivity contribution in [3.05, 3.63) is 80.5 Å². The lowest BCUT2D eigenvalue weighted by Gasteiger charge is -2.27. The van der Waals surface area contributed by atoms with Crippen LogP contribution in [0.5, 0.6) is 0 Å². The number of halogens is 1. The highest BCUT2D eigenvalue weighted by atomic mass is 35.5. The lowest BCUT2D eigenvalue weighted by Crippen LogP contribution is -2.35. The van der Waals surface area contributed by atoms with E-state index in [0.29, 0.717) is 25.5 Å². The predicted octanol–water partition coefficient (Wildman–Crippen LogP) is 5.49. The van der Waals surface area contributed by atoms with Crippen LogP contribution in [0.3, 0.4) is 0 Å². The number of hydrogen-bond donors (Lipinski definition) is 0. The van der Waals surface area contributed by atoms with Crippen LogP contribution in [-0.2, 0) is 0 Å². The monoisotopic (exact) mass is 493 g/mol. The van der Waals surface area contributed by atoms with Gasteiger partial charge in [-0.2, -0.15) is 0 Å². The van der Waals surface area contributed by atoms with E-state index in [2.05, 4.69) is 18.7 Å². The highest BCUT2D eigenvalue weighted by molar-refractivity contribution is 6.32. The molecule has 0 aliphatic carbocycles. The number of amides is 1. The van der Waals surface area contributed by atoms with Crippen LogP contribution in [-0.4, -0.2) is 51.9 Å². The first-order valence-corrected chi connectivity index (χ1v) is 12.1. The van der Waals surface area contributed by atoms with E-state index in [4.69, 9.17) is 21.6 Å². The Morgan fingerprint density at radius 2 is 1.80 bits per heavy atom. The van der Waals surface area contributed by atoms with Gasteiger partial charge in [-0.25, -0.2) is 9.97 Å². The van der Waals surface area contributed by atoms with Gasteiger partial charge in [0, 0.05) is 54.6 Å². The normalized spacial score (nSPS) is 14.2. The molecule has 35 heavy (non-hydrogen) atoms. The quantitative estimate of drug-likeness (QED) is 0.344. The molecule has 2 heterocycles. The molecule has 1 fully saturated rings. The number of aryl methyl sites for hydroxylation is 1. The van der Waals surface area contributed by atoms with Gasteiger partial charge in [0.05, 0.1) is 4.92 Å². The Kier molecular flexibility index (Phi) is 7.31. The van der Waals surface area contributed by atoms with Crippen LogP contribution in [0.2, 0.25) is 5.02 Å². The van der Waals surface area contributed by atoms with Crippen LogP contribution in [0.4, 0.5) is 11.5 Å². The van der Waals surface area contributed by atoms with Crippen LogP contribution >= 0.6 is 11.6 Å². The summed E-state index contributed by atoms with van der Waals surface area (Å²) in [6.45, 7) is 8.68. The molecule has 1 amide bonds. The number of carbonyl (C=O) groups excluding carboxylic acids is 1. The van der Waals surface area contributed by atoms with Crippen molar-refractivity contribution in [2.45, 2.75) is 33.1 Å². The lowest BCUT2D eigenvalue weighted by molar-refractivity contribution is -0.384. The van der Waals surface area contributed by atoms with Crippen LogP contribution in [0.1, 0.15) is 47.8 Å². The zero-order valence-corrected chi connectivity index (χ0v) is 20.8. The molecule has 0 bridgehead atoms. The van der Waals surface area contributed by atoms with Crippen molar-refractivity contribution >= 4 is 29.0 Å². The third kappa shape index (κ3) is 5.27. The first kappa shape index (κ1) is 24.6. The van der Waals surface area contributed by atoms with Crippen molar-refractivity contribution in [2.24, 2.45) is 0 Å². The lowest BCUT2D eigenvalue weighted by atomic mass is 10.0. The Morgan fingerprint density at radius 1 is 1.06 bits per heavy atom. The van der Waals surface area contributed by atoms with E-state index >= 15 is 0 Å². The predicted molar refractivity (Wildman–Crippen MR) is 137 cm³/mol. The molecule has 0 spiro atoms. The molecule has 2 aromatic carbocycles. The maximum atomic E-state index is 13.2. The van der Waals surface area contributed by atoms with E-state index in [1.54, 1.807) is 4.90 Å². The molecule has 1 aliphatic heterocycles. The summed E-state index contributed by atoms with van der Waals surface area (Å²) < 4.78 is 0. The van der Waals surface area contributed by atoms with Crippen molar-refractivity contribution in [2.75, 3.05) is 31.1 Å². The van der Waals surface area contributed by atoms with Crippen molar-refractivity contribution < 1.29 is 9.72 Å². The van der Waals surface area contributed by atoms with Crippen LogP contribution in [0.15, 0.2) is 48.5 Å². The SMILES string of the molecule is Cc1nc(-c2ccccc2)nc(N2CCCN(C(=O)c3ccc(Cl)c([N+](=O)[O-])c3)CC2)c1C(C)C. The molecule has 1 aromatic heterocycles. The Hall–Kier alpha value is -3.52. The molecule has 0 atom stereocenters. The first-order valence-electron chi connectivity index (χ1n) is 11.7. The Labute approximate surface area is 209 Å². The largest absolute Gasteiger partial charge is 0.354 e. The summed E-state index contributed by atoms with van der Waals surface area (Å²) in [6, 6.07) is 14.1. The summed E-state index contributed by atoms with van der Waals surface area (Å²) in [5.41, 5.74) is 3.03. The molecular weight excluding hydrogens is 466 g/mol. The van der Waals surface area contributed by atoms with Gasteiger partial charge >= 0.3 is 0 Å². The molecule has 0 N–H and O–H groups in total. The van der Waals surface area contributed by atoms with Crippen LogP contribution < -0.4 is 4.90 Å². The van der Waals surface area contributed by atoms with Gasteiger partial charge < -0.3 is 9.80 Å². The summed E-state index contributed by atoms with van der Waals surface area (Å²) in [7, 11) is 0. The van der Waals surface area contributed by atoms with Crippen molar-refractivity contribution in [3.8, 4) is 11.4 Å². The number of hydrogen-bond acceptors (Lipinski definition) is 6. The second-order valence-corrected chi connectivity index (χ2v) is 9.35. The summed E-state index contributed by atoms with van der Waals surface area (Å²) in [4.78, 5) is 37.6. The third-order valence-electron chi connectivity index (χ3n) is 6.20. The van der Waals surface area contributed by atoms with E-state index in [1.165, 1.54) is 18.2 Å². The van der Waals surface area contributed by atoms with Gasteiger partial charge in [0.15, 0.2) is 5.82 Å². The highest BCUT2D eigenvalue weighted by Gasteiger charge is 2.26. The number of aromatic nitrogens is 2. The topological polar surface area (TPSA) is 92.5 Å². The zero-order chi connectivity index (χ0) is 25.1. The average Bonchev–Trinajstić information content (AvgIpc) is 3.10. The maximum Gasteiger partial charge on any atom is 0.288 e. The molecule has 0 unspecified atom stereocenters. The third-order valence-corrected chi connectivity index (χ3v) is 6.52. The Bertz CT molecular complexity index is 1250. The summed E-state index contributed by atoms with van der Waals surface area (Å²) in [5.74, 6) is 1.60. The number of benzene rings is 2. The molecule has 0 radical (unpaired) electrons. The minimum absolute atomic E-state index is 0.0168. The Balaban J connectivity index is 1.61. The van der Waals surface area contributed by atoms with E-state index < -0.39 is 4.92 Å². The zero-order valence-electron chi connectivity index (χ0n) is 20.1. The molecule has 9 heteroatoms. The maximum absolute atomic E-state index is 13.2. The van der Waals surface area contributed by atoms with Crippen molar-refractivity contribution in [1.82, 2.24) is 14.9 Å². The highest BCUT2D eigenvalue weighted by Crippen LogP contribution is 2.32. The molecule has 1 saturated heterocycles. The minimum atomic E-state index is -0.571. The summed E-state index contributed by atoms with van der Waals surface area (Å²) >= 11 is 5.92. The van der Waals surface area contributed by atoms with Gasteiger partial charge in [-0.3, -0.25) is 14.9 Å². The number of anilines is 1. The molecule has 8 nitrogen and oxygen atoms in total. The van der Waals surface area contributed by atoms with Crippen LogP contribution in [0, 0.1) is 17.0 Å². The molecular formula is C26H28ClN5O3.